The summed E-state index contributed by atoms with van der Waals surface area (Å²) in [5.41, 5.74) is 6.47. The molecule has 2 aromatic carbocycles. The van der Waals surface area contributed by atoms with Crippen LogP contribution in [0.2, 0.25) is 0 Å². The Hall–Kier alpha value is -2.39. The van der Waals surface area contributed by atoms with Gasteiger partial charge in [-0.2, -0.15) is 5.26 Å². The van der Waals surface area contributed by atoms with Crippen LogP contribution >= 0.6 is 15.9 Å². The van der Waals surface area contributed by atoms with Gasteiger partial charge in [-0.3, -0.25) is 4.79 Å². The number of hydrogen-bond acceptors (Lipinski definition) is 3. The zero-order chi connectivity index (χ0) is 14.7. The first kappa shape index (κ1) is 14.0. The van der Waals surface area contributed by atoms with Crippen molar-refractivity contribution < 1.29 is 9.18 Å². The first-order valence-electron chi connectivity index (χ1n) is 5.57. The maximum atomic E-state index is 12.9. The van der Waals surface area contributed by atoms with E-state index in [1.54, 1.807) is 18.2 Å². The van der Waals surface area contributed by atoms with Crippen LogP contribution in [-0.2, 0) is 0 Å². The van der Waals surface area contributed by atoms with Crippen molar-refractivity contribution in [2.24, 2.45) is 0 Å². The van der Waals surface area contributed by atoms with Gasteiger partial charge in [-0.05, 0) is 36.4 Å². The van der Waals surface area contributed by atoms with E-state index in [1.165, 1.54) is 6.07 Å². The van der Waals surface area contributed by atoms with E-state index >= 15 is 0 Å². The van der Waals surface area contributed by atoms with E-state index in [-0.39, 0.29) is 11.3 Å². The molecule has 0 bridgehead atoms. The van der Waals surface area contributed by atoms with Gasteiger partial charge in [-0.1, -0.05) is 15.9 Å². The van der Waals surface area contributed by atoms with Gasteiger partial charge in [0.05, 0.1) is 16.8 Å². The van der Waals surface area contributed by atoms with Crippen molar-refractivity contribution in [3.63, 3.8) is 0 Å². The Bertz CT molecular complexity index is 725. The topological polar surface area (TPSA) is 78.9 Å². The summed E-state index contributed by atoms with van der Waals surface area (Å²) in [6, 6.07) is 10.4. The van der Waals surface area contributed by atoms with Crippen LogP contribution in [-0.4, -0.2) is 5.91 Å². The predicted molar refractivity (Wildman–Crippen MR) is 77.6 cm³/mol. The summed E-state index contributed by atoms with van der Waals surface area (Å²) in [4.78, 5) is 12.1. The van der Waals surface area contributed by atoms with Gasteiger partial charge in [-0.15, -0.1) is 0 Å². The Morgan fingerprint density at radius 3 is 2.70 bits per heavy atom. The number of rotatable bonds is 2. The van der Waals surface area contributed by atoms with E-state index in [9.17, 15) is 9.18 Å². The van der Waals surface area contributed by atoms with Gasteiger partial charge in [0.25, 0.3) is 5.91 Å². The third-order valence-corrected chi connectivity index (χ3v) is 3.10. The average molecular weight is 334 g/mol. The average Bonchev–Trinajstić information content (AvgIpc) is 2.40. The molecule has 0 fully saturated rings. The molecule has 3 N–H and O–H groups in total. The van der Waals surface area contributed by atoms with Crippen molar-refractivity contribution in [2.75, 3.05) is 11.1 Å². The quantitative estimate of drug-likeness (QED) is 0.827. The van der Waals surface area contributed by atoms with Crippen LogP contribution in [0.25, 0.3) is 0 Å². The van der Waals surface area contributed by atoms with Crippen LogP contribution in [0.1, 0.15) is 15.9 Å². The normalized spacial score (nSPS) is 9.85. The number of nitrogens with two attached hydrogens (primary N) is 1. The van der Waals surface area contributed by atoms with E-state index in [0.717, 1.165) is 16.6 Å². The first-order valence-corrected chi connectivity index (χ1v) is 6.36. The zero-order valence-electron chi connectivity index (χ0n) is 10.2. The third-order valence-electron chi connectivity index (χ3n) is 2.61. The summed E-state index contributed by atoms with van der Waals surface area (Å²) in [5, 5.41) is 11.6. The summed E-state index contributed by atoms with van der Waals surface area (Å²) in [5.74, 6) is -1.01. The molecule has 0 aliphatic heterocycles. The predicted octanol–water partition coefficient (Wildman–Crippen LogP) is 3.29. The van der Waals surface area contributed by atoms with Crippen LogP contribution in [0.15, 0.2) is 40.9 Å². The highest BCUT2D eigenvalue weighted by atomic mass is 79.9. The van der Waals surface area contributed by atoms with Crippen molar-refractivity contribution in [1.82, 2.24) is 0 Å². The molecule has 0 heterocycles. The maximum absolute atomic E-state index is 12.9. The molecule has 0 aliphatic rings. The lowest BCUT2D eigenvalue weighted by molar-refractivity contribution is 0.102. The van der Waals surface area contributed by atoms with Crippen LogP contribution in [0, 0.1) is 17.1 Å². The fourth-order valence-electron chi connectivity index (χ4n) is 1.65. The minimum Gasteiger partial charge on any atom is -0.398 e. The molecular formula is C14H9BrFN3O. The second-order valence-corrected chi connectivity index (χ2v) is 4.90. The molecule has 1 amide bonds. The number of nitrogens with zero attached hydrogens (tertiary/aromatic N) is 1. The standard InChI is InChI=1S/C14H9BrFN3O/c15-9-1-4-13(8(5-9)7-17)19-14(20)11-3-2-10(16)6-12(11)18/h1-6H,18H2,(H,19,20). The SMILES string of the molecule is N#Cc1cc(Br)ccc1NC(=O)c1ccc(F)cc1N. The third kappa shape index (κ3) is 2.95. The number of anilines is 2. The van der Waals surface area contributed by atoms with E-state index < -0.39 is 11.7 Å². The maximum Gasteiger partial charge on any atom is 0.257 e. The van der Waals surface area contributed by atoms with Gasteiger partial charge in [0, 0.05) is 10.2 Å². The van der Waals surface area contributed by atoms with Crippen LogP contribution in [0.3, 0.4) is 0 Å². The number of amides is 1. The molecule has 4 nitrogen and oxygen atoms in total. The van der Waals surface area contributed by atoms with Gasteiger partial charge in [0.15, 0.2) is 0 Å². The zero-order valence-corrected chi connectivity index (χ0v) is 11.7. The highest BCUT2D eigenvalue weighted by Gasteiger charge is 2.12. The molecular weight excluding hydrogens is 325 g/mol. The van der Waals surface area contributed by atoms with Crippen molar-refractivity contribution >= 4 is 33.2 Å². The molecule has 2 aromatic rings. The Morgan fingerprint density at radius 1 is 1.30 bits per heavy atom. The molecule has 0 saturated carbocycles. The lowest BCUT2D eigenvalue weighted by Crippen LogP contribution is -2.15. The van der Waals surface area contributed by atoms with Crippen molar-refractivity contribution in [1.29, 1.82) is 5.26 Å². The highest BCUT2D eigenvalue weighted by Crippen LogP contribution is 2.22. The summed E-state index contributed by atoms with van der Waals surface area (Å²) in [6.45, 7) is 0. The molecule has 0 aromatic heterocycles. The van der Waals surface area contributed by atoms with Gasteiger partial charge in [0.2, 0.25) is 0 Å². The van der Waals surface area contributed by atoms with E-state index in [4.69, 9.17) is 11.0 Å². The summed E-state index contributed by atoms with van der Waals surface area (Å²) in [7, 11) is 0. The fourth-order valence-corrected chi connectivity index (χ4v) is 2.01. The molecule has 6 heteroatoms. The number of benzene rings is 2. The van der Waals surface area contributed by atoms with Crippen molar-refractivity contribution in [3.05, 3.63) is 57.8 Å². The summed E-state index contributed by atoms with van der Waals surface area (Å²) in [6.07, 6.45) is 0. The van der Waals surface area contributed by atoms with Gasteiger partial charge in [0.1, 0.15) is 11.9 Å². The van der Waals surface area contributed by atoms with Crippen molar-refractivity contribution in [3.8, 4) is 6.07 Å². The molecule has 0 spiro atoms. The first-order chi connectivity index (χ1) is 9.51. The lowest BCUT2D eigenvalue weighted by atomic mass is 10.1. The van der Waals surface area contributed by atoms with Gasteiger partial charge >= 0.3 is 0 Å². The van der Waals surface area contributed by atoms with E-state index in [1.807, 2.05) is 6.07 Å². The molecule has 100 valence electrons. The number of halogens is 2. The molecule has 0 unspecified atom stereocenters. The number of hydrogen-bond donors (Lipinski definition) is 2. The van der Waals surface area contributed by atoms with Gasteiger partial charge < -0.3 is 11.1 Å². The van der Waals surface area contributed by atoms with Crippen molar-refractivity contribution in [2.45, 2.75) is 0 Å². The summed E-state index contributed by atoms with van der Waals surface area (Å²) >= 11 is 3.24. The van der Waals surface area contributed by atoms with E-state index in [2.05, 4.69) is 21.2 Å². The molecule has 0 aliphatic carbocycles. The van der Waals surface area contributed by atoms with Crippen LogP contribution in [0.4, 0.5) is 15.8 Å². The van der Waals surface area contributed by atoms with Crippen LogP contribution in [0.5, 0.6) is 0 Å². The Morgan fingerprint density at radius 2 is 2.05 bits per heavy atom. The smallest absolute Gasteiger partial charge is 0.257 e. The number of nitrogen functional groups attached to an aromatic ring is 1. The molecule has 0 radical (unpaired) electrons. The van der Waals surface area contributed by atoms with E-state index in [0.29, 0.717) is 11.3 Å². The number of carbonyl (C=O) groups excluding carboxylic acids is 1. The summed E-state index contributed by atoms with van der Waals surface area (Å²) < 4.78 is 13.7. The lowest BCUT2D eigenvalue weighted by Gasteiger charge is -2.09. The Labute approximate surface area is 123 Å². The number of nitrogens with one attached hydrogen (secondary N) is 1. The highest BCUT2D eigenvalue weighted by molar-refractivity contribution is 9.10. The Kier molecular flexibility index (Phi) is 4.01. The minimum absolute atomic E-state index is 0.0399. The minimum atomic E-state index is -0.514. The molecule has 2 rings (SSSR count). The molecule has 0 saturated heterocycles. The number of carbonyl (C=O) groups is 1. The number of nitriles is 1. The second kappa shape index (κ2) is 5.72. The molecule has 0 atom stereocenters. The van der Waals surface area contributed by atoms with Crippen LogP contribution < -0.4 is 11.1 Å². The molecule has 20 heavy (non-hydrogen) atoms. The monoisotopic (exact) mass is 333 g/mol. The second-order valence-electron chi connectivity index (χ2n) is 3.99. The Balaban J connectivity index is 2.31. The largest absolute Gasteiger partial charge is 0.398 e. The van der Waals surface area contributed by atoms with Gasteiger partial charge in [-0.25, -0.2) is 4.39 Å². The fraction of sp³-hybridized carbons (Fsp3) is 0.